The molecule has 0 heterocycles. The average molecular weight is 220 g/mol. The highest BCUT2D eigenvalue weighted by atomic mass is 15.2. The standard InChI is InChI=1S/C14H24N2/c1-3-4-5-6-7-13-8-10-14(11-9-13)12(2)16-15/h8-12,16H,3-7,15H2,1-2H3/t12-/m0/s1. The fraction of sp³-hybridized carbons (Fsp3) is 0.571. The molecule has 0 saturated carbocycles. The Morgan fingerprint density at radius 3 is 2.38 bits per heavy atom. The van der Waals surface area contributed by atoms with Gasteiger partial charge in [0, 0.05) is 6.04 Å². The zero-order valence-corrected chi connectivity index (χ0v) is 10.5. The Labute approximate surface area is 99.2 Å². The molecule has 0 spiro atoms. The van der Waals surface area contributed by atoms with Gasteiger partial charge in [-0.3, -0.25) is 11.3 Å². The lowest BCUT2D eigenvalue weighted by molar-refractivity contribution is 0.602. The highest BCUT2D eigenvalue weighted by molar-refractivity contribution is 5.24. The third kappa shape index (κ3) is 4.33. The first-order valence-corrected chi connectivity index (χ1v) is 6.33. The first-order valence-electron chi connectivity index (χ1n) is 6.33. The number of aryl methyl sites for hydroxylation is 1. The van der Waals surface area contributed by atoms with Crippen LogP contribution in [0.15, 0.2) is 24.3 Å². The SMILES string of the molecule is CCCCCCc1ccc([C@H](C)NN)cc1. The van der Waals surface area contributed by atoms with E-state index in [1.165, 1.54) is 43.2 Å². The first-order chi connectivity index (χ1) is 7.77. The minimum atomic E-state index is 0.231. The maximum absolute atomic E-state index is 5.41. The molecule has 90 valence electrons. The molecule has 1 rings (SSSR count). The molecule has 0 unspecified atom stereocenters. The van der Waals surface area contributed by atoms with Crippen LogP contribution in [0.4, 0.5) is 0 Å². The van der Waals surface area contributed by atoms with Crippen molar-refractivity contribution in [1.29, 1.82) is 0 Å². The molecule has 16 heavy (non-hydrogen) atoms. The van der Waals surface area contributed by atoms with Crippen molar-refractivity contribution < 1.29 is 0 Å². The number of benzene rings is 1. The van der Waals surface area contributed by atoms with Crippen LogP contribution in [-0.2, 0) is 6.42 Å². The topological polar surface area (TPSA) is 38.0 Å². The van der Waals surface area contributed by atoms with Crippen molar-refractivity contribution in [2.75, 3.05) is 0 Å². The molecule has 2 heteroatoms. The lowest BCUT2D eigenvalue weighted by Gasteiger charge is -2.10. The Kier molecular flexibility index (Phi) is 6.12. The maximum Gasteiger partial charge on any atom is 0.0431 e. The molecule has 0 aliphatic heterocycles. The Bertz CT molecular complexity index is 279. The van der Waals surface area contributed by atoms with Gasteiger partial charge in [-0.05, 0) is 30.9 Å². The molecule has 0 fully saturated rings. The van der Waals surface area contributed by atoms with Crippen molar-refractivity contribution in [3.8, 4) is 0 Å². The number of nitrogens with one attached hydrogen (secondary N) is 1. The van der Waals surface area contributed by atoms with E-state index in [-0.39, 0.29) is 6.04 Å². The quantitative estimate of drug-likeness (QED) is 0.420. The Morgan fingerprint density at radius 1 is 1.12 bits per heavy atom. The van der Waals surface area contributed by atoms with Gasteiger partial charge in [-0.2, -0.15) is 0 Å². The molecule has 1 atom stereocenters. The molecule has 0 aliphatic carbocycles. The van der Waals surface area contributed by atoms with Gasteiger partial charge in [0.05, 0.1) is 0 Å². The third-order valence-corrected chi connectivity index (χ3v) is 3.05. The van der Waals surface area contributed by atoms with E-state index in [2.05, 4.69) is 43.5 Å². The van der Waals surface area contributed by atoms with E-state index in [0.717, 1.165) is 0 Å². The summed E-state index contributed by atoms with van der Waals surface area (Å²) in [5.41, 5.74) is 5.44. The lowest BCUT2D eigenvalue weighted by atomic mass is 10.0. The van der Waals surface area contributed by atoms with E-state index >= 15 is 0 Å². The van der Waals surface area contributed by atoms with Gasteiger partial charge in [-0.1, -0.05) is 50.5 Å². The molecular weight excluding hydrogens is 196 g/mol. The van der Waals surface area contributed by atoms with Gasteiger partial charge in [0.2, 0.25) is 0 Å². The molecule has 0 amide bonds. The number of hydrogen-bond acceptors (Lipinski definition) is 2. The van der Waals surface area contributed by atoms with E-state index in [0.29, 0.717) is 0 Å². The molecule has 2 nitrogen and oxygen atoms in total. The van der Waals surface area contributed by atoms with Crippen molar-refractivity contribution in [3.05, 3.63) is 35.4 Å². The number of rotatable bonds is 7. The van der Waals surface area contributed by atoms with Crippen LogP contribution in [0.5, 0.6) is 0 Å². The zero-order chi connectivity index (χ0) is 11.8. The molecule has 1 aromatic carbocycles. The fourth-order valence-electron chi connectivity index (χ4n) is 1.83. The molecule has 1 aromatic rings. The fourth-order valence-corrected chi connectivity index (χ4v) is 1.83. The van der Waals surface area contributed by atoms with Gasteiger partial charge in [-0.15, -0.1) is 0 Å². The average Bonchev–Trinajstić information content (AvgIpc) is 2.34. The smallest absolute Gasteiger partial charge is 0.0431 e. The van der Waals surface area contributed by atoms with Crippen molar-refractivity contribution in [1.82, 2.24) is 5.43 Å². The van der Waals surface area contributed by atoms with Crippen LogP contribution >= 0.6 is 0 Å². The van der Waals surface area contributed by atoms with Crippen LogP contribution in [0, 0.1) is 0 Å². The summed E-state index contributed by atoms with van der Waals surface area (Å²) in [5, 5.41) is 0. The molecular formula is C14H24N2. The Balaban J connectivity index is 2.39. The maximum atomic E-state index is 5.41. The third-order valence-electron chi connectivity index (χ3n) is 3.05. The zero-order valence-electron chi connectivity index (χ0n) is 10.5. The van der Waals surface area contributed by atoms with Crippen molar-refractivity contribution in [2.24, 2.45) is 5.84 Å². The van der Waals surface area contributed by atoms with Crippen molar-refractivity contribution >= 4 is 0 Å². The van der Waals surface area contributed by atoms with E-state index in [9.17, 15) is 0 Å². The van der Waals surface area contributed by atoms with Crippen LogP contribution in [-0.4, -0.2) is 0 Å². The van der Waals surface area contributed by atoms with Crippen LogP contribution in [0.25, 0.3) is 0 Å². The van der Waals surface area contributed by atoms with Gasteiger partial charge >= 0.3 is 0 Å². The van der Waals surface area contributed by atoms with Crippen LogP contribution in [0.2, 0.25) is 0 Å². The molecule has 0 aliphatic rings. The second kappa shape index (κ2) is 7.42. The van der Waals surface area contributed by atoms with E-state index in [1.54, 1.807) is 0 Å². The van der Waals surface area contributed by atoms with Gasteiger partial charge < -0.3 is 0 Å². The predicted octanol–water partition coefficient (Wildman–Crippen LogP) is 3.33. The molecule has 3 N–H and O–H groups in total. The molecule has 0 bridgehead atoms. The van der Waals surface area contributed by atoms with Crippen LogP contribution in [0.3, 0.4) is 0 Å². The normalized spacial score (nSPS) is 12.7. The van der Waals surface area contributed by atoms with Gasteiger partial charge in [-0.25, -0.2) is 0 Å². The van der Waals surface area contributed by atoms with E-state index < -0.39 is 0 Å². The number of hydrogen-bond donors (Lipinski definition) is 2. The summed E-state index contributed by atoms with van der Waals surface area (Å²) in [7, 11) is 0. The number of unbranched alkanes of at least 4 members (excludes halogenated alkanes) is 3. The highest BCUT2D eigenvalue weighted by Gasteiger charge is 2.01. The van der Waals surface area contributed by atoms with E-state index in [4.69, 9.17) is 5.84 Å². The summed E-state index contributed by atoms with van der Waals surface area (Å²) in [4.78, 5) is 0. The number of nitrogens with two attached hydrogens (primary N) is 1. The summed E-state index contributed by atoms with van der Waals surface area (Å²) < 4.78 is 0. The Hall–Kier alpha value is -0.860. The highest BCUT2D eigenvalue weighted by Crippen LogP contribution is 2.14. The van der Waals surface area contributed by atoms with Gasteiger partial charge in [0.15, 0.2) is 0 Å². The van der Waals surface area contributed by atoms with Gasteiger partial charge in [0.1, 0.15) is 0 Å². The second-order valence-corrected chi connectivity index (χ2v) is 4.44. The molecule has 0 saturated heterocycles. The summed E-state index contributed by atoms with van der Waals surface area (Å²) >= 11 is 0. The molecule has 0 radical (unpaired) electrons. The van der Waals surface area contributed by atoms with Gasteiger partial charge in [0.25, 0.3) is 0 Å². The summed E-state index contributed by atoms with van der Waals surface area (Å²) in [6.45, 7) is 4.31. The monoisotopic (exact) mass is 220 g/mol. The minimum Gasteiger partial charge on any atom is -0.271 e. The van der Waals surface area contributed by atoms with Crippen molar-refractivity contribution in [3.63, 3.8) is 0 Å². The Morgan fingerprint density at radius 2 is 1.81 bits per heavy atom. The lowest BCUT2D eigenvalue weighted by Crippen LogP contribution is -2.25. The summed E-state index contributed by atoms with van der Waals surface area (Å²) in [5.74, 6) is 5.41. The molecule has 0 aromatic heterocycles. The van der Waals surface area contributed by atoms with Crippen molar-refractivity contribution in [2.45, 2.75) is 52.0 Å². The second-order valence-electron chi connectivity index (χ2n) is 4.44. The van der Waals surface area contributed by atoms with Crippen LogP contribution < -0.4 is 11.3 Å². The predicted molar refractivity (Wildman–Crippen MR) is 70.0 cm³/mol. The number of hydrazine groups is 1. The minimum absolute atomic E-state index is 0.231. The summed E-state index contributed by atoms with van der Waals surface area (Å²) in [6, 6.07) is 9.00. The van der Waals surface area contributed by atoms with Crippen LogP contribution in [0.1, 0.15) is 56.7 Å². The largest absolute Gasteiger partial charge is 0.271 e. The summed E-state index contributed by atoms with van der Waals surface area (Å²) in [6.07, 6.45) is 6.51. The van der Waals surface area contributed by atoms with E-state index in [1.807, 2.05) is 0 Å². The first kappa shape index (κ1) is 13.2.